The molecule has 0 saturated heterocycles. The Morgan fingerprint density at radius 3 is 2.09 bits per heavy atom. The molecule has 2 nitrogen and oxygen atoms in total. The van der Waals surface area contributed by atoms with E-state index in [-0.39, 0.29) is 0 Å². The van der Waals surface area contributed by atoms with Gasteiger partial charge in [0.15, 0.2) is 0 Å². The molecule has 22 heavy (non-hydrogen) atoms. The fourth-order valence-corrected chi connectivity index (χ4v) is 2.63. The molecule has 0 N–H and O–H groups in total. The zero-order valence-electron chi connectivity index (χ0n) is 11.4. The van der Waals surface area contributed by atoms with Gasteiger partial charge in [0.25, 0.3) is 0 Å². The molecule has 0 atom stereocenters. The first kappa shape index (κ1) is 16.3. The summed E-state index contributed by atoms with van der Waals surface area (Å²) >= 11 is 1.66. The van der Waals surface area contributed by atoms with Crippen LogP contribution < -0.4 is 4.74 Å². The first-order valence-electron chi connectivity index (χ1n) is 6.20. The van der Waals surface area contributed by atoms with Crippen molar-refractivity contribution in [1.82, 2.24) is 0 Å². The predicted molar refractivity (Wildman–Crippen MR) is 80.7 cm³/mol. The Balaban J connectivity index is 0.000000309. The lowest BCUT2D eigenvalue weighted by atomic mass is 10.2. The van der Waals surface area contributed by atoms with Gasteiger partial charge in [0.1, 0.15) is 10.4 Å². The van der Waals surface area contributed by atoms with E-state index in [1.807, 2.05) is 42.5 Å². The van der Waals surface area contributed by atoms with Crippen molar-refractivity contribution in [3.05, 3.63) is 48.5 Å². The van der Waals surface area contributed by atoms with Gasteiger partial charge in [0, 0.05) is 6.07 Å². The van der Waals surface area contributed by atoms with Crippen LogP contribution in [0.1, 0.15) is 0 Å². The molecule has 116 valence electrons. The monoisotopic (exact) mass is 330 g/mol. The third kappa shape index (κ3) is 4.73. The molecule has 0 aliphatic rings. The summed E-state index contributed by atoms with van der Waals surface area (Å²) < 4.78 is 51.1. The average Bonchev–Trinajstić information content (AvgIpc) is 2.89. The summed E-state index contributed by atoms with van der Waals surface area (Å²) in [7, 11) is -4.33. The molecule has 0 bridgehead atoms. The Bertz CT molecular complexity index is 701. The van der Waals surface area contributed by atoms with Crippen LogP contribution in [-0.4, -0.2) is 14.4 Å². The van der Waals surface area contributed by atoms with E-state index in [2.05, 4.69) is 6.07 Å². The fourth-order valence-electron chi connectivity index (χ4n) is 1.68. The minimum absolute atomic E-state index is 0.856. The molecule has 0 saturated carbocycles. The second kappa shape index (κ2) is 6.78. The number of hydrogen-bond donors (Lipinski definition) is 0. The maximum atomic E-state index is 9.75. The standard InChI is InChI=1S/C14H11O2S.BF4/c1-15-11-8-6-10(7-9-11)14-16-12-4-2-3-5-13(12)17-14;2-1(3,4)5/h2-9H,1H3;/q+1;-1. The van der Waals surface area contributed by atoms with Gasteiger partial charge < -0.3 is 22.0 Å². The van der Waals surface area contributed by atoms with Gasteiger partial charge in [-0.2, -0.15) is 4.42 Å². The van der Waals surface area contributed by atoms with E-state index < -0.39 is 7.25 Å². The fraction of sp³-hybridized carbons (Fsp3) is 0.0714. The van der Waals surface area contributed by atoms with E-state index >= 15 is 0 Å². The first-order valence-corrected chi connectivity index (χ1v) is 7.02. The SMILES string of the molecule is COc1ccc(-c2[o+]c3ccccc3s2)cc1.F[B-](F)(F)F. The van der Waals surface area contributed by atoms with Crippen LogP contribution in [0.2, 0.25) is 0 Å². The van der Waals surface area contributed by atoms with Crippen LogP contribution in [0.5, 0.6) is 5.75 Å². The van der Waals surface area contributed by atoms with E-state index in [1.54, 1.807) is 18.4 Å². The first-order chi connectivity index (χ1) is 10.4. The highest BCUT2D eigenvalue weighted by Gasteiger charge is 2.20. The Morgan fingerprint density at radius 2 is 1.55 bits per heavy atom. The summed E-state index contributed by atoms with van der Waals surface area (Å²) in [5, 5.41) is 0.925. The highest BCUT2D eigenvalue weighted by molar-refractivity contribution is 7.21. The van der Waals surface area contributed by atoms with E-state index in [0.717, 1.165) is 22.0 Å². The minimum atomic E-state index is -6.00. The van der Waals surface area contributed by atoms with Gasteiger partial charge in [0.2, 0.25) is 0 Å². The number of halogens is 4. The molecule has 8 heteroatoms. The lowest BCUT2D eigenvalue weighted by Crippen LogP contribution is -2.02. The minimum Gasteiger partial charge on any atom is -0.497 e. The van der Waals surface area contributed by atoms with Gasteiger partial charge in [0.05, 0.1) is 12.7 Å². The topological polar surface area (TPSA) is 20.5 Å². The van der Waals surface area contributed by atoms with Gasteiger partial charge in [-0.25, -0.2) is 0 Å². The van der Waals surface area contributed by atoms with Gasteiger partial charge in [-0.3, -0.25) is 0 Å². The molecule has 0 spiro atoms. The van der Waals surface area contributed by atoms with Crippen molar-refractivity contribution in [3.63, 3.8) is 0 Å². The summed E-state index contributed by atoms with van der Waals surface area (Å²) in [5.74, 6) is 0.856. The Hall–Kier alpha value is -2.09. The van der Waals surface area contributed by atoms with Crippen LogP contribution in [0.15, 0.2) is 52.9 Å². The highest BCUT2D eigenvalue weighted by atomic mass is 32.1. The van der Waals surface area contributed by atoms with Crippen molar-refractivity contribution in [2.24, 2.45) is 0 Å². The van der Waals surface area contributed by atoms with Crippen LogP contribution in [0.25, 0.3) is 20.9 Å². The molecule has 0 amide bonds. The molecule has 3 aromatic rings. The normalized spacial score (nSPS) is 11.0. The number of fused-ring (bicyclic) bond motifs is 1. The second-order valence-electron chi connectivity index (χ2n) is 4.16. The predicted octanol–water partition coefficient (Wildman–Crippen LogP) is 5.75. The number of ether oxygens (including phenoxy) is 1. The van der Waals surface area contributed by atoms with E-state index in [9.17, 15) is 17.3 Å². The molecule has 0 aliphatic heterocycles. The van der Waals surface area contributed by atoms with Gasteiger partial charge in [-0.1, -0.05) is 12.1 Å². The van der Waals surface area contributed by atoms with Crippen molar-refractivity contribution in [1.29, 1.82) is 0 Å². The Kier molecular flexibility index (Phi) is 5.02. The van der Waals surface area contributed by atoms with Gasteiger partial charge >= 0.3 is 17.9 Å². The molecular formula is C14H11BF4O2S. The third-order valence-corrected chi connectivity index (χ3v) is 3.64. The number of hydrogen-bond acceptors (Lipinski definition) is 2. The Morgan fingerprint density at radius 1 is 0.955 bits per heavy atom. The number of methoxy groups -OCH3 is 1. The maximum Gasteiger partial charge on any atom is 0.673 e. The summed E-state index contributed by atoms with van der Waals surface area (Å²) in [6.45, 7) is 0. The van der Waals surface area contributed by atoms with E-state index in [1.165, 1.54) is 4.70 Å². The summed E-state index contributed by atoms with van der Waals surface area (Å²) in [6, 6.07) is 15.9. The van der Waals surface area contributed by atoms with E-state index in [4.69, 9.17) is 9.15 Å². The van der Waals surface area contributed by atoms with Crippen LogP contribution >= 0.6 is 11.3 Å². The van der Waals surface area contributed by atoms with Crippen molar-refractivity contribution >= 4 is 28.9 Å². The van der Waals surface area contributed by atoms with Crippen LogP contribution in [0.3, 0.4) is 0 Å². The molecule has 1 aromatic heterocycles. The van der Waals surface area contributed by atoms with Crippen LogP contribution in [0.4, 0.5) is 17.3 Å². The lowest BCUT2D eigenvalue weighted by molar-refractivity contribution is 0.368. The third-order valence-electron chi connectivity index (χ3n) is 2.58. The van der Waals surface area contributed by atoms with Crippen molar-refractivity contribution in [3.8, 4) is 16.4 Å². The number of para-hydroxylation sites is 1. The Labute approximate surface area is 128 Å². The van der Waals surface area contributed by atoms with Crippen LogP contribution in [-0.2, 0) is 0 Å². The molecule has 0 unspecified atom stereocenters. The molecule has 3 rings (SSSR count). The van der Waals surface area contributed by atoms with Gasteiger partial charge in [-0.05, 0) is 41.7 Å². The van der Waals surface area contributed by atoms with Crippen molar-refractivity contribution in [2.45, 2.75) is 0 Å². The zero-order chi connectivity index (χ0) is 16.2. The zero-order valence-corrected chi connectivity index (χ0v) is 12.2. The smallest absolute Gasteiger partial charge is 0.497 e. The quantitative estimate of drug-likeness (QED) is 0.339. The lowest BCUT2D eigenvalue weighted by Gasteiger charge is -1.96. The summed E-state index contributed by atoms with van der Waals surface area (Å²) in [4.78, 5) is 0. The summed E-state index contributed by atoms with van der Waals surface area (Å²) in [5.41, 5.74) is 2.01. The molecular weight excluding hydrogens is 319 g/mol. The number of rotatable bonds is 2. The highest BCUT2D eigenvalue weighted by Crippen LogP contribution is 2.33. The number of benzene rings is 2. The van der Waals surface area contributed by atoms with Crippen molar-refractivity contribution < 1.29 is 26.4 Å². The molecule has 0 fully saturated rings. The van der Waals surface area contributed by atoms with Gasteiger partial charge in [-0.15, -0.1) is 0 Å². The molecule has 2 aromatic carbocycles. The molecule has 1 heterocycles. The summed E-state index contributed by atoms with van der Waals surface area (Å²) in [6.07, 6.45) is 0. The molecule has 0 aliphatic carbocycles. The average molecular weight is 330 g/mol. The second-order valence-corrected chi connectivity index (χ2v) is 5.18. The van der Waals surface area contributed by atoms with E-state index in [0.29, 0.717) is 0 Å². The van der Waals surface area contributed by atoms with Crippen LogP contribution in [0, 0.1) is 0 Å². The molecule has 0 radical (unpaired) electrons. The maximum absolute atomic E-state index is 9.75. The largest absolute Gasteiger partial charge is 0.673 e. The van der Waals surface area contributed by atoms with Crippen molar-refractivity contribution in [2.75, 3.05) is 7.11 Å².